The molecule has 0 spiro atoms. The van der Waals surface area contributed by atoms with Crippen LogP contribution < -0.4 is 15.2 Å². The summed E-state index contributed by atoms with van der Waals surface area (Å²) in [6, 6.07) is 2.11. The van der Waals surface area contributed by atoms with Crippen molar-refractivity contribution in [1.29, 1.82) is 0 Å². The van der Waals surface area contributed by atoms with E-state index in [0.29, 0.717) is 0 Å². The van der Waals surface area contributed by atoms with Crippen LogP contribution in [0.25, 0.3) is 0 Å². The maximum Gasteiger partial charge on any atom is 0.165 e. The van der Waals surface area contributed by atoms with Crippen molar-refractivity contribution in [2.24, 2.45) is 5.73 Å². The molecule has 3 nitrogen and oxygen atoms in total. The summed E-state index contributed by atoms with van der Waals surface area (Å²) >= 11 is 0. The van der Waals surface area contributed by atoms with Gasteiger partial charge in [0, 0.05) is 11.6 Å². The van der Waals surface area contributed by atoms with Gasteiger partial charge in [0.1, 0.15) is 0 Å². The second kappa shape index (κ2) is 4.34. The summed E-state index contributed by atoms with van der Waals surface area (Å²) in [5.74, 6) is 1.60. The molecular weight excluding hydrogens is 202 g/mol. The summed E-state index contributed by atoms with van der Waals surface area (Å²) in [7, 11) is 3.34. The van der Waals surface area contributed by atoms with Gasteiger partial charge in [0.15, 0.2) is 11.5 Å². The predicted octanol–water partition coefficient (Wildman–Crippen LogP) is 2.35. The number of methoxy groups -OCH3 is 2. The molecule has 1 aliphatic rings. The van der Waals surface area contributed by atoms with E-state index in [1.807, 2.05) is 6.07 Å². The third-order valence-electron chi connectivity index (χ3n) is 3.35. The Balaban J connectivity index is 2.65. The summed E-state index contributed by atoms with van der Waals surface area (Å²) in [5.41, 5.74) is 9.92. The Labute approximate surface area is 96.5 Å². The highest BCUT2D eigenvalue weighted by Gasteiger charge is 2.25. The Morgan fingerprint density at radius 2 is 2.06 bits per heavy atom. The lowest BCUT2D eigenvalue weighted by Gasteiger charge is -2.27. The molecule has 0 radical (unpaired) electrons. The van der Waals surface area contributed by atoms with Gasteiger partial charge in [-0.15, -0.1) is 0 Å². The standard InChI is InChI=1S/C13H19NO2/c1-8-7-11(15-2)13(16-3)12-9(8)5-4-6-10(12)14/h7,10H,4-6,14H2,1-3H3. The molecule has 1 aliphatic carbocycles. The zero-order valence-electron chi connectivity index (χ0n) is 10.2. The summed E-state index contributed by atoms with van der Waals surface area (Å²) < 4.78 is 10.8. The molecular formula is C13H19NO2. The Morgan fingerprint density at radius 1 is 1.31 bits per heavy atom. The van der Waals surface area contributed by atoms with Crippen molar-refractivity contribution in [1.82, 2.24) is 0 Å². The molecule has 0 saturated carbocycles. The van der Waals surface area contributed by atoms with Crippen molar-refractivity contribution >= 4 is 0 Å². The van der Waals surface area contributed by atoms with Gasteiger partial charge in [-0.1, -0.05) is 0 Å². The summed E-state index contributed by atoms with van der Waals surface area (Å²) in [5, 5.41) is 0. The highest BCUT2D eigenvalue weighted by molar-refractivity contribution is 5.56. The molecule has 3 heteroatoms. The van der Waals surface area contributed by atoms with Gasteiger partial charge >= 0.3 is 0 Å². The first kappa shape index (κ1) is 11.3. The Kier molecular flexibility index (Phi) is 3.06. The maximum atomic E-state index is 6.18. The lowest BCUT2D eigenvalue weighted by Crippen LogP contribution is -2.19. The van der Waals surface area contributed by atoms with Crippen LogP contribution in [0.15, 0.2) is 6.07 Å². The Morgan fingerprint density at radius 3 is 2.69 bits per heavy atom. The number of benzene rings is 1. The van der Waals surface area contributed by atoms with Crippen LogP contribution in [0.2, 0.25) is 0 Å². The minimum atomic E-state index is 0.0764. The van der Waals surface area contributed by atoms with E-state index < -0.39 is 0 Å². The zero-order valence-corrected chi connectivity index (χ0v) is 10.2. The number of ether oxygens (including phenoxy) is 2. The van der Waals surface area contributed by atoms with Gasteiger partial charge in [0.05, 0.1) is 14.2 Å². The van der Waals surface area contributed by atoms with E-state index in [1.54, 1.807) is 14.2 Å². The molecule has 0 aliphatic heterocycles. The average molecular weight is 221 g/mol. The van der Waals surface area contributed by atoms with Gasteiger partial charge in [-0.3, -0.25) is 0 Å². The van der Waals surface area contributed by atoms with Gasteiger partial charge in [0.25, 0.3) is 0 Å². The van der Waals surface area contributed by atoms with Gasteiger partial charge in [-0.05, 0) is 43.4 Å². The zero-order chi connectivity index (χ0) is 11.7. The number of hydrogen-bond acceptors (Lipinski definition) is 3. The number of fused-ring (bicyclic) bond motifs is 1. The van der Waals surface area contributed by atoms with Gasteiger partial charge in [-0.25, -0.2) is 0 Å². The van der Waals surface area contributed by atoms with E-state index in [-0.39, 0.29) is 6.04 Å². The molecule has 0 saturated heterocycles. The van der Waals surface area contributed by atoms with Crippen molar-refractivity contribution in [3.8, 4) is 11.5 Å². The summed E-state index contributed by atoms with van der Waals surface area (Å²) in [6.45, 7) is 2.11. The highest BCUT2D eigenvalue weighted by Crippen LogP contribution is 2.42. The van der Waals surface area contributed by atoms with Crippen molar-refractivity contribution in [2.75, 3.05) is 14.2 Å². The van der Waals surface area contributed by atoms with Crippen molar-refractivity contribution in [2.45, 2.75) is 32.2 Å². The van der Waals surface area contributed by atoms with Crippen molar-refractivity contribution < 1.29 is 9.47 Å². The molecule has 88 valence electrons. The van der Waals surface area contributed by atoms with Crippen LogP contribution in [0.3, 0.4) is 0 Å². The molecule has 1 unspecified atom stereocenters. The molecule has 2 N–H and O–H groups in total. The van der Waals surface area contributed by atoms with Gasteiger partial charge in [-0.2, -0.15) is 0 Å². The molecule has 2 rings (SSSR count). The Bertz CT molecular complexity index is 401. The van der Waals surface area contributed by atoms with Crippen molar-refractivity contribution in [3.63, 3.8) is 0 Å². The fourth-order valence-electron chi connectivity index (χ4n) is 2.56. The summed E-state index contributed by atoms with van der Waals surface area (Å²) in [6.07, 6.45) is 3.27. The molecule has 1 aromatic rings. The Hall–Kier alpha value is -1.22. The summed E-state index contributed by atoms with van der Waals surface area (Å²) in [4.78, 5) is 0. The monoisotopic (exact) mass is 221 g/mol. The SMILES string of the molecule is COc1cc(C)c2c(c1OC)C(N)CCC2. The van der Waals surface area contributed by atoms with Crippen LogP contribution in [0.4, 0.5) is 0 Å². The lowest BCUT2D eigenvalue weighted by molar-refractivity contribution is 0.345. The van der Waals surface area contributed by atoms with Crippen LogP contribution >= 0.6 is 0 Å². The van der Waals surface area contributed by atoms with Crippen LogP contribution in [0.1, 0.15) is 35.6 Å². The molecule has 0 fully saturated rings. The van der Waals surface area contributed by atoms with Crippen LogP contribution in [0.5, 0.6) is 11.5 Å². The maximum absolute atomic E-state index is 6.18. The lowest BCUT2D eigenvalue weighted by atomic mass is 9.84. The van der Waals surface area contributed by atoms with Crippen LogP contribution in [0, 0.1) is 6.92 Å². The second-order valence-corrected chi connectivity index (χ2v) is 4.32. The minimum absolute atomic E-state index is 0.0764. The molecule has 0 bridgehead atoms. The smallest absolute Gasteiger partial charge is 0.165 e. The quantitative estimate of drug-likeness (QED) is 0.833. The highest BCUT2D eigenvalue weighted by atomic mass is 16.5. The van der Waals surface area contributed by atoms with Crippen LogP contribution in [-0.2, 0) is 6.42 Å². The van der Waals surface area contributed by atoms with E-state index in [1.165, 1.54) is 11.1 Å². The van der Waals surface area contributed by atoms with Gasteiger partial charge in [0.2, 0.25) is 0 Å². The molecule has 0 heterocycles. The fourth-order valence-corrected chi connectivity index (χ4v) is 2.56. The average Bonchev–Trinajstić information content (AvgIpc) is 2.29. The third-order valence-corrected chi connectivity index (χ3v) is 3.35. The second-order valence-electron chi connectivity index (χ2n) is 4.32. The minimum Gasteiger partial charge on any atom is -0.493 e. The van der Waals surface area contributed by atoms with E-state index in [0.717, 1.165) is 36.3 Å². The topological polar surface area (TPSA) is 44.5 Å². The van der Waals surface area contributed by atoms with E-state index in [2.05, 4.69) is 6.92 Å². The van der Waals surface area contributed by atoms with Crippen molar-refractivity contribution in [3.05, 3.63) is 22.8 Å². The number of nitrogens with two attached hydrogens (primary N) is 1. The number of hydrogen-bond donors (Lipinski definition) is 1. The molecule has 0 aromatic heterocycles. The predicted molar refractivity (Wildman–Crippen MR) is 64.1 cm³/mol. The van der Waals surface area contributed by atoms with Crippen LogP contribution in [-0.4, -0.2) is 14.2 Å². The number of aryl methyl sites for hydroxylation is 1. The first-order valence-corrected chi connectivity index (χ1v) is 5.69. The van der Waals surface area contributed by atoms with Gasteiger partial charge < -0.3 is 15.2 Å². The third kappa shape index (κ3) is 1.65. The molecule has 1 atom stereocenters. The number of rotatable bonds is 2. The largest absolute Gasteiger partial charge is 0.493 e. The molecule has 16 heavy (non-hydrogen) atoms. The molecule has 1 aromatic carbocycles. The fraction of sp³-hybridized carbons (Fsp3) is 0.538. The molecule has 0 amide bonds. The van der Waals surface area contributed by atoms with E-state index in [9.17, 15) is 0 Å². The first-order chi connectivity index (χ1) is 7.69. The normalized spacial score (nSPS) is 19.1. The first-order valence-electron chi connectivity index (χ1n) is 5.69. The van der Waals surface area contributed by atoms with E-state index >= 15 is 0 Å². The van der Waals surface area contributed by atoms with E-state index in [4.69, 9.17) is 15.2 Å².